The van der Waals surface area contributed by atoms with Gasteiger partial charge in [-0.2, -0.15) is 9.40 Å². The molecule has 1 saturated heterocycles. The third-order valence-corrected chi connectivity index (χ3v) is 6.25. The first-order valence-corrected chi connectivity index (χ1v) is 10.0. The van der Waals surface area contributed by atoms with Gasteiger partial charge in [0, 0.05) is 51.1 Å². The molecule has 7 nitrogen and oxygen atoms in total. The van der Waals surface area contributed by atoms with Crippen molar-refractivity contribution in [1.29, 1.82) is 0 Å². The van der Waals surface area contributed by atoms with Gasteiger partial charge in [0.05, 0.1) is 6.20 Å². The molecule has 0 saturated carbocycles. The minimum atomic E-state index is -3.63. The summed E-state index contributed by atoms with van der Waals surface area (Å²) in [6.07, 6.45) is 6.07. The Bertz CT molecular complexity index is 955. The minimum absolute atomic E-state index is 0.143. The Balaban J connectivity index is 1.66. The van der Waals surface area contributed by atoms with Gasteiger partial charge in [0.15, 0.2) is 0 Å². The highest BCUT2D eigenvalue weighted by atomic mass is 32.2. The van der Waals surface area contributed by atoms with Gasteiger partial charge in [-0.3, -0.25) is 9.48 Å². The molecule has 27 heavy (non-hydrogen) atoms. The number of carbonyl (C=O) groups excluding carboxylic acids is 1. The van der Waals surface area contributed by atoms with Crippen molar-refractivity contribution >= 4 is 22.0 Å². The van der Waals surface area contributed by atoms with Crippen LogP contribution in [0.1, 0.15) is 12.0 Å². The Morgan fingerprint density at radius 1 is 1.19 bits per heavy atom. The highest BCUT2D eigenvalue weighted by Crippen LogP contribution is 2.17. The molecule has 0 unspecified atom stereocenters. The number of hydrogen-bond acceptors (Lipinski definition) is 4. The van der Waals surface area contributed by atoms with E-state index in [-0.39, 0.29) is 23.9 Å². The van der Waals surface area contributed by atoms with Crippen LogP contribution in [0.3, 0.4) is 0 Å². The number of halogens is 1. The molecule has 1 aromatic carbocycles. The van der Waals surface area contributed by atoms with Crippen molar-refractivity contribution in [3.8, 4) is 0 Å². The van der Waals surface area contributed by atoms with Crippen LogP contribution in [0.25, 0.3) is 6.08 Å². The zero-order valence-corrected chi connectivity index (χ0v) is 15.8. The molecule has 1 amide bonds. The lowest BCUT2D eigenvalue weighted by Gasteiger charge is -2.20. The van der Waals surface area contributed by atoms with E-state index >= 15 is 0 Å². The van der Waals surface area contributed by atoms with Crippen LogP contribution in [-0.2, 0) is 21.9 Å². The van der Waals surface area contributed by atoms with E-state index in [4.69, 9.17) is 0 Å². The lowest BCUT2D eigenvalue weighted by Crippen LogP contribution is -2.36. The molecular weight excluding hydrogens is 371 g/mol. The Morgan fingerprint density at radius 3 is 2.67 bits per heavy atom. The summed E-state index contributed by atoms with van der Waals surface area (Å²) in [5.74, 6) is -0.662. The van der Waals surface area contributed by atoms with Crippen LogP contribution >= 0.6 is 0 Å². The molecule has 0 spiro atoms. The number of benzene rings is 1. The molecule has 1 aromatic heterocycles. The molecule has 0 atom stereocenters. The molecule has 2 heterocycles. The van der Waals surface area contributed by atoms with Gasteiger partial charge >= 0.3 is 0 Å². The highest BCUT2D eigenvalue weighted by molar-refractivity contribution is 7.89. The molecule has 2 aromatic rings. The van der Waals surface area contributed by atoms with Gasteiger partial charge in [0.25, 0.3) is 0 Å². The maximum absolute atomic E-state index is 13.6. The molecule has 144 valence electrons. The Kier molecular flexibility index (Phi) is 5.71. The summed E-state index contributed by atoms with van der Waals surface area (Å²) in [5.41, 5.74) is 0.335. The number of hydrogen-bond donors (Lipinski definition) is 0. The van der Waals surface area contributed by atoms with Gasteiger partial charge in [-0.05, 0) is 18.6 Å². The number of sulfonamides is 1. The molecular formula is C18H21FN4O3S. The van der Waals surface area contributed by atoms with Crippen LogP contribution < -0.4 is 0 Å². The fourth-order valence-electron chi connectivity index (χ4n) is 2.91. The van der Waals surface area contributed by atoms with E-state index in [1.54, 1.807) is 30.1 Å². The normalized spacial score (nSPS) is 16.6. The number of aromatic nitrogens is 2. The van der Waals surface area contributed by atoms with Crippen LogP contribution in [0.2, 0.25) is 0 Å². The SMILES string of the molecule is Cn1cc(S(=O)(=O)N2CCCN(C(=O)/C=C/c3ccccc3F)CC2)cn1. The maximum Gasteiger partial charge on any atom is 0.246 e. The minimum Gasteiger partial charge on any atom is -0.338 e. The van der Waals surface area contributed by atoms with Crippen LogP contribution in [-0.4, -0.2) is 59.5 Å². The largest absolute Gasteiger partial charge is 0.338 e. The van der Waals surface area contributed by atoms with E-state index in [2.05, 4.69) is 5.10 Å². The summed E-state index contributed by atoms with van der Waals surface area (Å²) in [6.45, 7) is 1.26. The van der Waals surface area contributed by atoms with Gasteiger partial charge < -0.3 is 4.90 Å². The predicted octanol–water partition coefficient (Wildman–Crippen LogP) is 1.50. The van der Waals surface area contributed by atoms with E-state index in [1.165, 1.54) is 39.6 Å². The quantitative estimate of drug-likeness (QED) is 0.739. The van der Waals surface area contributed by atoms with Crippen LogP contribution in [0, 0.1) is 5.82 Å². The van der Waals surface area contributed by atoms with Crippen molar-refractivity contribution in [3.63, 3.8) is 0 Å². The average molecular weight is 392 g/mol. The van der Waals surface area contributed by atoms with Gasteiger partial charge in [-0.25, -0.2) is 12.8 Å². The van der Waals surface area contributed by atoms with Gasteiger partial charge in [-0.15, -0.1) is 0 Å². The number of carbonyl (C=O) groups is 1. The molecule has 0 aliphatic carbocycles. The monoisotopic (exact) mass is 392 g/mol. The van der Waals surface area contributed by atoms with E-state index < -0.39 is 15.8 Å². The van der Waals surface area contributed by atoms with Crippen LogP contribution in [0.4, 0.5) is 4.39 Å². The van der Waals surface area contributed by atoms with Gasteiger partial charge in [0.2, 0.25) is 15.9 Å². The molecule has 1 fully saturated rings. The van der Waals surface area contributed by atoms with Crippen LogP contribution in [0.15, 0.2) is 47.6 Å². The van der Waals surface area contributed by atoms with Crippen molar-refractivity contribution in [2.75, 3.05) is 26.2 Å². The highest BCUT2D eigenvalue weighted by Gasteiger charge is 2.28. The summed E-state index contributed by atoms with van der Waals surface area (Å²) in [5, 5.41) is 3.91. The number of nitrogens with zero attached hydrogens (tertiary/aromatic N) is 4. The van der Waals surface area contributed by atoms with E-state index in [0.29, 0.717) is 25.1 Å². The topological polar surface area (TPSA) is 75.5 Å². The lowest BCUT2D eigenvalue weighted by atomic mass is 10.2. The lowest BCUT2D eigenvalue weighted by molar-refractivity contribution is -0.125. The second-order valence-corrected chi connectivity index (χ2v) is 8.23. The summed E-state index contributed by atoms with van der Waals surface area (Å²) in [7, 11) is -1.97. The first kappa shape index (κ1) is 19.2. The fourth-order valence-corrected chi connectivity index (χ4v) is 4.37. The molecule has 0 N–H and O–H groups in total. The van der Waals surface area contributed by atoms with E-state index in [9.17, 15) is 17.6 Å². The molecule has 9 heteroatoms. The molecule has 0 bridgehead atoms. The molecule has 1 aliphatic rings. The maximum atomic E-state index is 13.6. The summed E-state index contributed by atoms with van der Waals surface area (Å²) in [6, 6.07) is 6.20. The smallest absolute Gasteiger partial charge is 0.246 e. The van der Waals surface area contributed by atoms with Crippen molar-refractivity contribution in [2.24, 2.45) is 7.05 Å². The number of rotatable bonds is 4. The summed E-state index contributed by atoms with van der Waals surface area (Å²) >= 11 is 0. The van der Waals surface area contributed by atoms with Gasteiger partial charge in [0.1, 0.15) is 10.7 Å². The average Bonchev–Trinajstić information content (AvgIpc) is 2.93. The zero-order chi connectivity index (χ0) is 19.4. The molecule has 3 rings (SSSR count). The summed E-state index contributed by atoms with van der Waals surface area (Å²) in [4.78, 5) is 14.1. The van der Waals surface area contributed by atoms with E-state index in [1.807, 2.05) is 0 Å². The fraction of sp³-hybridized carbons (Fsp3) is 0.333. The van der Waals surface area contributed by atoms with Crippen molar-refractivity contribution < 1.29 is 17.6 Å². The Labute approximate surface area is 157 Å². The number of aryl methyl sites for hydroxylation is 1. The van der Waals surface area contributed by atoms with Crippen molar-refractivity contribution in [1.82, 2.24) is 19.0 Å². The van der Waals surface area contributed by atoms with Crippen molar-refractivity contribution in [2.45, 2.75) is 11.3 Å². The summed E-state index contributed by atoms with van der Waals surface area (Å²) < 4.78 is 41.8. The second-order valence-electron chi connectivity index (χ2n) is 6.29. The Hall–Kier alpha value is -2.52. The van der Waals surface area contributed by atoms with Gasteiger partial charge in [-0.1, -0.05) is 18.2 Å². The third kappa shape index (κ3) is 4.42. The van der Waals surface area contributed by atoms with E-state index in [0.717, 1.165) is 0 Å². The second kappa shape index (κ2) is 8.01. The van der Waals surface area contributed by atoms with Crippen molar-refractivity contribution in [3.05, 3.63) is 54.1 Å². The van der Waals surface area contributed by atoms with Crippen LogP contribution in [0.5, 0.6) is 0 Å². The zero-order valence-electron chi connectivity index (χ0n) is 15.0. The first-order valence-electron chi connectivity index (χ1n) is 8.58. The molecule has 1 aliphatic heterocycles. The Morgan fingerprint density at radius 2 is 1.96 bits per heavy atom. The standard InChI is InChI=1S/C18H21FN4O3S/c1-21-14-16(13-20-21)27(25,26)23-10-4-9-22(11-12-23)18(24)8-7-15-5-2-3-6-17(15)19/h2-3,5-8,13-14H,4,9-12H2,1H3/b8-7+. The third-order valence-electron chi connectivity index (χ3n) is 4.40. The predicted molar refractivity (Wildman–Crippen MR) is 98.6 cm³/mol. The number of amides is 1. The molecule has 0 radical (unpaired) electrons. The first-order chi connectivity index (χ1) is 12.9.